The molecule has 1 saturated heterocycles. The molecule has 0 spiro atoms. The van der Waals surface area contributed by atoms with Crippen LogP contribution in [0.1, 0.15) is 33.5 Å². The van der Waals surface area contributed by atoms with Gasteiger partial charge in [-0.1, -0.05) is 30.3 Å². The van der Waals surface area contributed by atoms with Crippen LogP contribution in [0.15, 0.2) is 76.4 Å². The third-order valence-electron chi connectivity index (χ3n) is 7.17. The van der Waals surface area contributed by atoms with Crippen molar-refractivity contribution in [3.8, 4) is 11.5 Å². The van der Waals surface area contributed by atoms with E-state index in [1.165, 1.54) is 0 Å². The van der Waals surface area contributed by atoms with Gasteiger partial charge in [-0.3, -0.25) is 14.5 Å². The molecule has 0 radical (unpaired) electrons. The highest BCUT2D eigenvalue weighted by molar-refractivity contribution is 6.15. The lowest BCUT2D eigenvalue weighted by molar-refractivity contribution is -0.129. The molecule has 1 unspecified atom stereocenters. The van der Waals surface area contributed by atoms with Gasteiger partial charge >= 0.3 is 0 Å². The Bertz CT molecular complexity index is 1370. The minimum atomic E-state index is -0.759. The van der Waals surface area contributed by atoms with Crippen LogP contribution in [0.3, 0.4) is 0 Å². The summed E-state index contributed by atoms with van der Waals surface area (Å²) in [5.41, 5.74) is 1.76. The molecule has 1 N–H and O–H groups in total. The molecular weight excluding hydrogens is 512 g/mol. The van der Waals surface area contributed by atoms with E-state index in [9.17, 15) is 14.7 Å². The summed E-state index contributed by atoms with van der Waals surface area (Å²) in [6.07, 6.45) is 0. The highest BCUT2D eigenvalue weighted by Crippen LogP contribution is 2.39. The first-order valence-electron chi connectivity index (χ1n) is 13.5. The fourth-order valence-electron chi connectivity index (χ4n) is 5.00. The average molecular weight is 547 g/mol. The van der Waals surface area contributed by atoms with Gasteiger partial charge < -0.3 is 28.6 Å². The summed E-state index contributed by atoms with van der Waals surface area (Å²) in [4.78, 5) is 30.5. The first kappa shape index (κ1) is 27.5. The van der Waals surface area contributed by atoms with E-state index in [0.29, 0.717) is 56.6 Å². The second kappa shape index (κ2) is 12.4. The second-order valence-electron chi connectivity index (χ2n) is 9.89. The van der Waals surface area contributed by atoms with Crippen molar-refractivity contribution >= 4 is 11.7 Å². The van der Waals surface area contributed by atoms with E-state index in [0.717, 1.165) is 24.4 Å². The maximum atomic E-state index is 13.5. The standard InChI is InChI=1S/C31H34N2O7/c1-21-5-3-4-6-25(21)39-20-19-38-24-10-8-23(9-11-24)28-27(29(34)26-12-7-22(2)40-26)30(35)31(36)33(28)14-13-32-15-17-37-18-16-32/h3-12,28,35H,13-20H2,1-2H3. The number of carbonyl (C=O) groups is 2. The Kier molecular flexibility index (Phi) is 8.52. The summed E-state index contributed by atoms with van der Waals surface area (Å²) < 4.78 is 22.6. The number of aliphatic hydroxyl groups is 1. The van der Waals surface area contributed by atoms with E-state index in [1.54, 1.807) is 36.1 Å². The third-order valence-corrected chi connectivity index (χ3v) is 7.17. The van der Waals surface area contributed by atoms with Crippen molar-refractivity contribution in [1.82, 2.24) is 9.80 Å². The number of furan rings is 1. The van der Waals surface area contributed by atoms with Crippen molar-refractivity contribution in [3.05, 3.63) is 94.6 Å². The molecule has 2 aliphatic heterocycles. The normalized spacial score (nSPS) is 17.9. The monoisotopic (exact) mass is 546 g/mol. The quantitative estimate of drug-likeness (QED) is 0.281. The number of morpholine rings is 1. The van der Waals surface area contributed by atoms with Crippen LogP contribution in [0.5, 0.6) is 11.5 Å². The zero-order chi connectivity index (χ0) is 28.1. The lowest BCUT2D eigenvalue weighted by atomic mass is 9.95. The molecule has 0 saturated carbocycles. The predicted octanol–water partition coefficient (Wildman–Crippen LogP) is 4.26. The number of hydrogen-bond donors (Lipinski definition) is 1. The molecule has 40 heavy (non-hydrogen) atoms. The molecule has 3 aromatic rings. The Balaban J connectivity index is 1.32. The SMILES string of the molecule is Cc1ccc(C(=O)C2=C(O)C(=O)N(CCN3CCOCC3)C2c2ccc(OCCOc3ccccc3C)cc2)o1. The van der Waals surface area contributed by atoms with Gasteiger partial charge in [0.15, 0.2) is 11.5 Å². The van der Waals surface area contributed by atoms with Gasteiger partial charge in [-0.15, -0.1) is 0 Å². The van der Waals surface area contributed by atoms with Crippen LogP contribution in [0.2, 0.25) is 0 Å². The fraction of sp³-hybridized carbons (Fsp3) is 0.355. The van der Waals surface area contributed by atoms with E-state index in [-0.39, 0.29) is 11.3 Å². The number of benzene rings is 2. The topological polar surface area (TPSA) is 102 Å². The minimum Gasteiger partial charge on any atom is -0.503 e. The molecular formula is C31H34N2O7. The molecule has 3 heterocycles. The van der Waals surface area contributed by atoms with Gasteiger partial charge in [0.1, 0.15) is 30.5 Å². The molecule has 2 aromatic carbocycles. The molecule has 1 aromatic heterocycles. The molecule has 9 heteroatoms. The molecule has 0 bridgehead atoms. The Morgan fingerprint density at radius 1 is 0.950 bits per heavy atom. The number of ketones is 1. The first-order valence-corrected chi connectivity index (χ1v) is 13.5. The fourth-order valence-corrected chi connectivity index (χ4v) is 5.00. The van der Waals surface area contributed by atoms with Crippen molar-refractivity contribution < 1.29 is 33.3 Å². The van der Waals surface area contributed by atoms with Gasteiger partial charge in [0.2, 0.25) is 5.78 Å². The van der Waals surface area contributed by atoms with Crippen LogP contribution in [0.4, 0.5) is 0 Å². The van der Waals surface area contributed by atoms with Crippen molar-refractivity contribution in [2.24, 2.45) is 0 Å². The van der Waals surface area contributed by atoms with Crippen LogP contribution < -0.4 is 9.47 Å². The van der Waals surface area contributed by atoms with Crippen LogP contribution in [-0.2, 0) is 9.53 Å². The van der Waals surface area contributed by atoms with Gasteiger partial charge in [0.05, 0.1) is 24.8 Å². The lowest BCUT2D eigenvalue weighted by Gasteiger charge is -2.31. The number of nitrogens with zero attached hydrogens (tertiary/aromatic N) is 2. The predicted molar refractivity (Wildman–Crippen MR) is 148 cm³/mol. The average Bonchev–Trinajstić information content (AvgIpc) is 3.52. The Morgan fingerprint density at radius 2 is 1.68 bits per heavy atom. The van der Waals surface area contributed by atoms with Gasteiger partial charge in [-0.05, 0) is 55.3 Å². The van der Waals surface area contributed by atoms with Crippen molar-refractivity contribution in [3.63, 3.8) is 0 Å². The largest absolute Gasteiger partial charge is 0.503 e. The minimum absolute atomic E-state index is 0.0154. The van der Waals surface area contributed by atoms with E-state index < -0.39 is 23.5 Å². The van der Waals surface area contributed by atoms with Crippen molar-refractivity contribution in [1.29, 1.82) is 0 Å². The molecule has 1 atom stereocenters. The maximum absolute atomic E-state index is 13.5. The lowest BCUT2D eigenvalue weighted by Crippen LogP contribution is -2.43. The number of rotatable bonds is 11. The molecule has 1 amide bonds. The maximum Gasteiger partial charge on any atom is 0.290 e. The molecule has 0 aliphatic carbocycles. The third kappa shape index (κ3) is 6.05. The van der Waals surface area contributed by atoms with Crippen LogP contribution in [-0.4, -0.2) is 79.2 Å². The molecule has 210 valence electrons. The zero-order valence-corrected chi connectivity index (χ0v) is 22.8. The number of para-hydroxylation sites is 1. The van der Waals surface area contributed by atoms with Crippen LogP contribution in [0, 0.1) is 13.8 Å². The molecule has 9 nitrogen and oxygen atoms in total. The number of carbonyl (C=O) groups excluding carboxylic acids is 2. The van der Waals surface area contributed by atoms with E-state index >= 15 is 0 Å². The van der Waals surface area contributed by atoms with Gasteiger partial charge in [-0.25, -0.2) is 0 Å². The first-order chi connectivity index (χ1) is 19.4. The van der Waals surface area contributed by atoms with Crippen LogP contribution in [0.25, 0.3) is 0 Å². The zero-order valence-electron chi connectivity index (χ0n) is 22.8. The smallest absolute Gasteiger partial charge is 0.290 e. The van der Waals surface area contributed by atoms with Crippen molar-refractivity contribution in [2.75, 3.05) is 52.6 Å². The van der Waals surface area contributed by atoms with Gasteiger partial charge in [0.25, 0.3) is 5.91 Å². The van der Waals surface area contributed by atoms with E-state index in [4.69, 9.17) is 18.6 Å². The molecule has 5 rings (SSSR count). The number of aliphatic hydroxyl groups excluding tert-OH is 1. The van der Waals surface area contributed by atoms with E-state index in [2.05, 4.69) is 4.90 Å². The van der Waals surface area contributed by atoms with Gasteiger partial charge in [0, 0.05) is 26.2 Å². The molecule has 2 aliphatic rings. The van der Waals surface area contributed by atoms with Crippen molar-refractivity contribution in [2.45, 2.75) is 19.9 Å². The Morgan fingerprint density at radius 3 is 2.38 bits per heavy atom. The highest BCUT2D eigenvalue weighted by Gasteiger charge is 2.44. The van der Waals surface area contributed by atoms with Gasteiger partial charge in [-0.2, -0.15) is 0 Å². The Labute approximate surface area is 233 Å². The van der Waals surface area contributed by atoms with E-state index in [1.807, 2.05) is 43.3 Å². The number of Topliss-reactive ketones (excluding diaryl/α,β-unsaturated/α-hetero) is 1. The number of amides is 1. The number of hydrogen-bond acceptors (Lipinski definition) is 8. The summed E-state index contributed by atoms with van der Waals surface area (Å²) in [5.74, 6) is 0.482. The second-order valence-corrected chi connectivity index (χ2v) is 9.89. The summed E-state index contributed by atoms with van der Waals surface area (Å²) >= 11 is 0. The number of ether oxygens (including phenoxy) is 3. The summed E-state index contributed by atoms with van der Waals surface area (Å²) in [6, 6.07) is 17.5. The summed E-state index contributed by atoms with van der Waals surface area (Å²) in [5, 5.41) is 10.9. The van der Waals surface area contributed by atoms with Crippen LogP contribution >= 0.6 is 0 Å². The Hall–Kier alpha value is -4.08. The summed E-state index contributed by atoms with van der Waals surface area (Å²) in [6.45, 7) is 8.22. The highest BCUT2D eigenvalue weighted by atomic mass is 16.5. The summed E-state index contributed by atoms with van der Waals surface area (Å²) in [7, 11) is 0. The number of aryl methyl sites for hydroxylation is 2. The molecule has 1 fully saturated rings.